The van der Waals surface area contributed by atoms with Gasteiger partial charge in [0.1, 0.15) is 11.5 Å². The van der Waals surface area contributed by atoms with Crippen molar-refractivity contribution in [2.24, 2.45) is 5.92 Å². The summed E-state index contributed by atoms with van der Waals surface area (Å²) in [6.45, 7) is 5.12. The Labute approximate surface area is 140 Å². The Balaban J connectivity index is 1.38. The summed E-state index contributed by atoms with van der Waals surface area (Å²) in [6.07, 6.45) is 4.18. The summed E-state index contributed by atoms with van der Waals surface area (Å²) < 4.78 is 10.8. The molecular formula is C18H21N3O3. The van der Waals surface area contributed by atoms with Crippen LogP contribution in [0.4, 0.5) is 0 Å². The van der Waals surface area contributed by atoms with Gasteiger partial charge in [-0.1, -0.05) is 0 Å². The molecule has 6 heteroatoms. The molecule has 2 bridgehead atoms. The van der Waals surface area contributed by atoms with Crippen molar-refractivity contribution in [3.63, 3.8) is 0 Å². The summed E-state index contributed by atoms with van der Waals surface area (Å²) in [5, 5.41) is 3.19. The van der Waals surface area contributed by atoms with Crippen LogP contribution in [0.25, 0.3) is 0 Å². The first kappa shape index (κ1) is 15.2. The molecule has 0 radical (unpaired) electrons. The van der Waals surface area contributed by atoms with E-state index in [0.717, 1.165) is 6.54 Å². The molecule has 4 heterocycles. The molecule has 0 unspecified atom stereocenters. The molecule has 1 atom stereocenters. The second-order valence-electron chi connectivity index (χ2n) is 6.58. The third-order valence-electron chi connectivity index (χ3n) is 4.89. The second kappa shape index (κ2) is 6.28. The van der Waals surface area contributed by atoms with E-state index in [1.807, 2.05) is 6.92 Å². The van der Waals surface area contributed by atoms with E-state index < -0.39 is 0 Å². The zero-order chi connectivity index (χ0) is 16.5. The normalized spacial score (nSPS) is 25.5. The van der Waals surface area contributed by atoms with Crippen LogP contribution in [0, 0.1) is 12.8 Å². The lowest BCUT2D eigenvalue weighted by Crippen LogP contribution is -2.57. The van der Waals surface area contributed by atoms with E-state index in [4.69, 9.17) is 9.15 Å². The van der Waals surface area contributed by atoms with Gasteiger partial charge in [0.15, 0.2) is 0 Å². The minimum Gasteiger partial charge on any atom is -0.414 e. The Hall–Kier alpha value is -2.34. The van der Waals surface area contributed by atoms with Gasteiger partial charge in [0.05, 0.1) is 6.20 Å². The van der Waals surface area contributed by atoms with Crippen molar-refractivity contribution in [2.45, 2.75) is 25.8 Å². The van der Waals surface area contributed by atoms with Crippen molar-refractivity contribution in [1.29, 1.82) is 0 Å². The van der Waals surface area contributed by atoms with E-state index in [1.165, 1.54) is 25.9 Å². The number of benzene rings is 1. The summed E-state index contributed by atoms with van der Waals surface area (Å²) >= 11 is 0. The number of nitrogens with zero attached hydrogens (tertiary/aromatic N) is 2. The van der Waals surface area contributed by atoms with Crippen LogP contribution in [0.5, 0.6) is 11.8 Å². The maximum absolute atomic E-state index is 12.5. The number of hydrogen-bond donors (Lipinski definition) is 1. The maximum atomic E-state index is 12.5. The van der Waals surface area contributed by atoms with Gasteiger partial charge in [0.25, 0.3) is 5.91 Å². The summed E-state index contributed by atoms with van der Waals surface area (Å²) in [5.41, 5.74) is 0.641. The van der Waals surface area contributed by atoms with Crippen LogP contribution in [-0.2, 0) is 0 Å². The molecule has 0 aliphatic carbocycles. The van der Waals surface area contributed by atoms with Crippen LogP contribution in [0.15, 0.2) is 34.9 Å². The first-order valence-electron chi connectivity index (χ1n) is 8.41. The van der Waals surface area contributed by atoms with Crippen LogP contribution < -0.4 is 10.1 Å². The van der Waals surface area contributed by atoms with Gasteiger partial charge in [-0.2, -0.15) is 4.98 Å². The van der Waals surface area contributed by atoms with Gasteiger partial charge in [-0.15, -0.1) is 0 Å². The summed E-state index contributed by atoms with van der Waals surface area (Å²) in [4.78, 5) is 18.9. The second-order valence-corrected chi connectivity index (χ2v) is 6.58. The molecule has 1 N–H and O–H groups in total. The van der Waals surface area contributed by atoms with Gasteiger partial charge in [-0.3, -0.25) is 4.79 Å². The Bertz CT molecular complexity index is 717. The molecule has 2 aromatic rings. The van der Waals surface area contributed by atoms with Crippen LogP contribution in [0.1, 0.15) is 29.0 Å². The first-order chi connectivity index (χ1) is 11.7. The third kappa shape index (κ3) is 3.14. The first-order valence-corrected chi connectivity index (χ1v) is 8.41. The Morgan fingerprint density at radius 2 is 2.04 bits per heavy atom. The molecule has 126 valence electrons. The monoisotopic (exact) mass is 327 g/mol. The SMILES string of the molecule is Cc1cnc(Oc2ccc(C(=O)N[C@H]3CN4CCC3CC4)cc2)o1. The molecule has 3 fully saturated rings. The van der Waals surface area contributed by atoms with E-state index in [-0.39, 0.29) is 18.0 Å². The minimum absolute atomic E-state index is 0.0210. The van der Waals surface area contributed by atoms with Crippen molar-refractivity contribution >= 4 is 5.91 Å². The summed E-state index contributed by atoms with van der Waals surface area (Å²) in [7, 11) is 0. The lowest BCUT2D eigenvalue weighted by atomic mass is 9.84. The number of aryl methyl sites for hydroxylation is 1. The number of carbonyl (C=O) groups excluding carboxylic acids is 1. The highest BCUT2D eigenvalue weighted by molar-refractivity contribution is 5.94. The van der Waals surface area contributed by atoms with Gasteiger partial charge in [0, 0.05) is 18.2 Å². The molecule has 3 aliphatic heterocycles. The number of fused-ring (bicyclic) bond motifs is 3. The van der Waals surface area contributed by atoms with Crippen molar-refractivity contribution in [2.75, 3.05) is 19.6 Å². The molecule has 3 saturated heterocycles. The number of rotatable bonds is 4. The Morgan fingerprint density at radius 3 is 2.62 bits per heavy atom. The third-order valence-corrected chi connectivity index (χ3v) is 4.89. The highest BCUT2D eigenvalue weighted by Crippen LogP contribution is 2.28. The van der Waals surface area contributed by atoms with Crippen LogP contribution in [0.2, 0.25) is 0 Å². The number of nitrogens with one attached hydrogen (secondary N) is 1. The topological polar surface area (TPSA) is 67.6 Å². The maximum Gasteiger partial charge on any atom is 0.399 e. The lowest BCUT2D eigenvalue weighted by molar-refractivity contribution is 0.0620. The number of piperidine rings is 3. The molecular weight excluding hydrogens is 306 g/mol. The number of ether oxygens (including phenoxy) is 1. The molecule has 24 heavy (non-hydrogen) atoms. The van der Waals surface area contributed by atoms with Gasteiger partial charge < -0.3 is 19.4 Å². The van der Waals surface area contributed by atoms with Gasteiger partial charge in [-0.25, -0.2) is 0 Å². The Kier molecular flexibility index (Phi) is 3.98. The predicted molar refractivity (Wildman–Crippen MR) is 88.2 cm³/mol. The predicted octanol–water partition coefficient (Wildman–Crippen LogP) is 2.60. The summed E-state index contributed by atoms with van der Waals surface area (Å²) in [6, 6.07) is 7.31. The van der Waals surface area contributed by atoms with E-state index >= 15 is 0 Å². The zero-order valence-corrected chi connectivity index (χ0v) is 13.7. The Morgan fingerprint density at radius 1 is 1.29 bits per heavy atom. The zero-order valence-electron chi connectivity index (χ0n) is 13.7. The lowest BCUT2D eigenvalue weighted by Gasteiger charge is -2.44. The van der Waals surface area contributed by atoms with E-state index in [2.05, 4.69) is 15.2 Å². The largest absolute Gasteiger partial charge is 0.414 e. The minimum atomic E-state index is -0.0210. The number of hydrogen-bond acceptors (Lipinski definition) is 5. The molecule has 0 saturated carbocycles. The van der Waals surface area contributed by atoms with Gasteiger partial charge in [-0.05, 0) is 63.0 Å². The fraction of sp³-hybridized carbons (Fsp3) is 0.444. The van der Waals surface area contributed by atoms with Gasteiger partial charge >= 0.3 is 6.08 Å². The highest BCUT2D eigenvalue weighted by Gasteiger charge is 2.34. The van der Waals surface area contributed by atoms with Crippen LogP contribution in [0.3, 0.4) is 0 Å². The molecule has 1 aromatic carbocycles. The average molecular weight is 327 g/mol. The molecule has 1 aromatic heterocycles. The number of oxazole rings is 1. The summed E-state index contributed by atoms with van der Waals surface area (Å²) in [5.74, 6) is 1.89. The highest BCUT2D eigenvalue weighted by atomic mass is 16.6. The number of aromatic nitrogens is 1. The smallest absolute Gasteiger partial charge is 0.399 e. The fourth-order valence-electron chi connectivity index (χ4n) is 3.54. The van der Waals surface area contributed by atoms with Crippen molar-refractivity contribution in [1.82, 2.24) is 15.2 Å². The molecule has 3 aliphatic rings. The van der Waals surface area contributed by atoms with Crippen LogP contribution >= 0.6 is 0 Å². The van der Waals surface area contributed by atoms with Gasteiger partial charge in [0.2, 0.25) is 0 Å². The van der Waals surface area contributed by atoms with Crippen molar-refractivity contribution in [3.05, 3.63) is 41.8 Å². The molecule has 1 amide bonds. The fourth-order valence-corrected chi connectivity index (χ4v) is 3.54. The van der Waals surface area contributed by atoms with E-state index in [1.54, 1.807) is 30.5 Å². The standard InChI is InChI=1S/C18H21N3O3/c1-12-10-19-18(23-12)24-15-4-2-14(3-5-15)17(22)20-16-11-21-8-6-13(16)7-9-21/h2-5,10,13,16H,6-9,11H2,1H3,(H,20,22)/t16-/m0/s1. The van der Waals surface area contributed by atoms with Crippen molar-refractivity contribution < 1.29 is 13.9 Å². The average Bonchev–Trinajstić information content (AvgIpc) is 3.01. The molecule has 5 rings (SSSR count). The number of carbonyl (C=O) groups is 1. The van der Waals surface area contributed by atoms with E-state index in [9.17, 15) is 4.79 Å². The van der Waals surface area contributed by atoms with Crippen LogP contribution in [-0.4, -0.2) is 41.5 Å². The molecule has 0 spiro atoms. The molecule has 6 nitrogen and oxygen atoms in total. The quantitative estimate of drug-likeness (QED) is 0.935. The number of amides is 1. The van der Waals surface area contributed by atoms with E-state index in [0.29, 0.717) is 23.0 Å². The van der Waals surface area contributed by atoms with Crippen molar-refractivity contribution in [3.8, 4) is 11.8 Å².